The van der Waals surface area contributed by atoms with Gasteiger partial charge in [-0.2, -0.15) is 0 Å². The van der Waals surface area contributed by atoms with Crippen LogP contribution in [-0.4, -0.2) is 31.7 Å². The number of rotatable bonds is 9. The summed E-state index contributed by atoms with van der Waals surface area (Å²) in [5.41, 5.74) is 0.885. The number of carbonyl (C=O) groups excluding carboxylic acids is 2. The van der Waals surface area contributed by atoms with E-state index in [1.165, 1.54) is 0 Å². The standard InChI is InChI=1S/C23H21NO5/c25-22(24-18-9-3-1-4-10-18)17-29-23(26)20-13-7-8-14-21(20)28-16-15-27-19-11-5-2-6-12-19/h1-14H,15-17H2,(H,24,25). The van der Waals surface area contributed by atoms with Crippen LogP contribution in [0, 0.1) is 0 Å². The number of anilines is 1. The topological polar surface area (TPSA) is 73.9 Å². The Morgan fingerprint density at radius 3 is 2.10 bits per heavy atom. The predicted molar refractivity (Wildman–Crippen MR) is 109 cm³/mol. The maximum Gasteiger partial charge on any atom is 0.342 e. The molecule has 0 atom stereocenters. The van der Waals surface area contributed by atoms with Crippen molar-refractivity contribution in [3.8, 4) is 11.5 Å². The van der Waals surface area contributed by atoms with Crippen molar-refractivity contribution in [2.75, 3.05) is 25.1 Å². The average molecular weight is 391 g/mol. The second kappa shape index (κ2) is 10.5. The average Bonchev–Trinajstić information content (AvgIpc) is 2.77. The zero-order chi connectivity index (χ0) is 20.3. The Morgan fingerprint density at radius 2 is 1.34 bits per heavy atom. The van der Waals surface area contributed by atoms with Crippen molar-refractivity contribution in [1.29, 1.82) is 0 Å². The fraction of sp³-hybridized carbons (Fsp3) is 0.130. The van der Waals surface area contributed by atoms with Crippen LogP contribution in [0.4, 0.5) is 5.69 Å². The molecule has 0 spiro atoms. The van der Waals surface area contributed by atoms with Crippen LogP contribution in [0.3, 0.4) is 0 Å². The summed E-state index contributed by atoms with van der Waals surface area (Å²) in [6.07, 6.45) is 0. The molecule has 6 heteroatoms. The Hall–Kier alpha value is -3.80. The molecule has 0 heterocycles. The number of para-hydroxylation sites is 3. The van der Waals surface area contributed by atoms with Crippen LogP contribution >= 0.6 is 0 Å². The smallest absolute Gasteiger partial charge is 0.342 e. The van der Waals surface area contributed by atoms with Crippen molar-refractivity contribution < 1.29 is 23.8 Å². The van der Waals surface area contributed by atoms with E-state index in [1.807, 2.05) is 36.4 Å². The molecule has 1 N–H and O–H groups in total. The first-order valence-electron chi connectivity index (χ1n) is 9.14. The molecule has 0 aliphatic carbocycles. The highest BCUT2D eigenvalue weighted by atomic mass is 16.5. The highest BCUT2D eigenvalue weighted by molar-refractivity contribution is 5.96. The second-order valence-corrected chi connectivity index (χ2v) is 6.00. The molecule has 0 saturated heterocycles. The number of hydrogen-bond acceptors (Lipinski definition) is 5. The maximum absolute atomic E-state index is 12.4. The van der Waals surface area contributed by atoms with Gasteiger partial charge in [0, 0.05) is 5.69 Å². The molecule has 0 saturated carbocycles. The third-order valence-electron chi connectivity index (χ3n) is 3.85. The van der Waals surface area contributed by atoms with Crippen molar-refractivity contribution in [2.45, 2.75) is 0 Å². The van der Waals surface area contributed by atoms with E-state index < -0.39 is 11.9 Å². The molecule has 0 fully saturated rings. The van der Waals surface area contributed by atoms with Gasteiger partial charge in [0.25, 0.3) is 5.91 Å². The first-order valence-corrected chi connectivity index (χ1v) is 9.14. The summed E-state index contributed by atoms with van der Waals surface area (Å²) in [7, 11) is 0. The first kappa shape index (κ1) is 19.9. The van der Waals surface area contributed by atoms with Gasteiger partial charge in [0.15, 0.2) is 6.61 Å². The number of nitrogens with one attached hydrogen (secondary N) is 1. The molecule has 3 aromatic carbocycles. The highest BCUT2D eigenvalue weighted by Gasteiger charge is 2.15. The van der Waals surface area contributed by atoms with E-state index in [1.54, 1.807) is 48.5 Å². The second-order valence-electron chi connectivity index (χ2n) is 6.00. The molecular weight excluding hydrogens is 370 g/mol. The molecular formula is C23H21NO5. The Morgan fingerprint density at radius 1 is 0.724 bits per heavy atom. The molecule has 1 amide bonds. The summed E-state index contributed by atoms with van der Waals surface area (Å²) in [5.74, 6) is 0.0675. The Kier molecular flexibility index (Phi) is 7.23. The molecule has 0 bridgehead atoms. The lowest BCUT2D eigenvalue weighted by atomic mass is 10.2. The number of amides is 1. The SMILES string of the molecule is O=C(COC(=O)c1ccccc1OCCOc1ccccc1)Nc1ccccc1. The number of esters is 1. The lowest BCUT2D eigenvalue weighted by Gasteiger charge is -2.12. The van der Waals surface area contributed by atoms with Gasteiger partial charge < -0.3 is 19.5 Å². The van der Waals surface area contributed by atoms with Gasteiger partial charge in [0.05, 0.1) is 0 Å². The lowest BCUT2D eigenvalue weighted by molar-refractivity contribution is -0.119. The van der Waals surface area contributed by atoms with Crippen LogP contribution in [0.5, 0.6) is 11.5 Å². The van der Waals surface area contributed by atoms with Crippen molar-refractivity contribution in [3.63, 3.8) is 0 Å². The summed E-state index contributed by atoms with van der Waals surface area (Å²) in [4.78, 5) is 24.3. The summed E-state index contributed by atoms with van der Waals surface area (Å²) >= 11 is 0. The normalized spacial score (nSPS) is 10.1. The van der Waals surface area contributed by atoms with E-state index in [2.05, 4.69) is 5.32 Å². The maximum atomic E-state index is 12.4. The summed E-state index contributed by atoms with van der Waals surface area (Å²) in [6.45, 7) is 0.194. The first-order chi connectivity index (χ1) is 14.2. The van der Waals surface area contributed by atoms with Gasteiger partial charge in [0.1, 0.15) is 30.3 Å². The van der Waals surface area contributed by atoms with Gasteiger partial charge in [-0.1, -0.05) is 48.5 Å². The van der Waals surface area contributed by atoms with Crippen LogP contribution in [0.25, 0.3) is 0 Å². The highest BCUT2D eigenvalue weighted by Crippen LogP contribution is 2.19. The van der Waals surface area contributed by atoms with Crippen LogP contribution in [0.1, 0.15) is 10.4 Å². The van der Waals surface area contributed by atoms with Gasteiger partial charge >= 0.3 is 5.97 Å². The minimum absolute atomic E-state index is 0.250. The van der Waals surface area contributed by atoms with E-state index >= 15 is 0 Å². The third-order valence-corrected chi connectivity index (χ3v) is 3.85. The van der Waals surface area contributed by atoms with Crippen molar-refractivity contribution in [1.82, 2.24) is 0 Å². The molecule has 3 aromatic rings. The number of benzene rings is 3. The zero-order valence-corrected chi connectivity index (χ0v) is 15.7. The third kappa shape index (κ3) is 6.39. The van der Waals surface area contributed by atoms with E-state index in [-0.39, 0.29) is 18.8 Å². The van der Waals surface area contributed by atoms with E-state index in [4.69, 9.17) is 14.2 Å². The van der Waals surface area contributed by atoms with Gasteiger partial charge in [-0.3, -0.25) is 4.79 Å². The molecule has 0 aromatic heterocycles. The minimum atomic E-state index is -0.632. The molecule has 0 radical (unpaired) electrons. The molecule has 3 rings (SSSR count). The quantitative estimate of drug-likeness (QED) is 0.442. The van der Waals surface area contributed by atoms with Crippen LogP contribution in [0.15, 0.2) is 84.9 Å². The number of hydrogen-bond donors (Lipinski definition) is 1. The van der Waals surface area contributed by atoms with Gasteiger partial charge in [-0.05, 0) is 36.4 Å². The van der Waals surface area contributed by atoms with Crippen molar-refractivity contribution >= 4 is 17.6 Å². The van der Waals surface area contributed by atoms with Crippen molar-refractivity contribution in [2.24, 2.45) is 0 Å². The fourth-order valence-corrected chi connectivity index (χ4v) is 2.52. The number of ether oxygens (including phenoxy) is 3. The van der Waals surface area contributed by atoms with Gasteiger partial charge in [-0.25, -0.2) is 4.79 Å². The Bertz CT molecular complexity index is 928. The molecule has 0 unspecified atom stereocenters. The molecule has 29 heavy (non-hydrogen) atoms. The number of carbonyl (C=O) groups is 2. The molecule has 0 aliphatic heterocycles. The van der Waals surface area contributed by atoms with Crippen LogP contribution < -0.4 is 14.8 Å². The summed E-state index contributed by atoms with van der Waals surface area (Å²) in [6, 6.07) is 25.0. The summed E-state index contributed by atoms with van der Waals surface area (Å²) in [5, 5.41) is 2.66. The zero-order valence-electron chi connectivity index (χ0n) is 15.7. The van der Waals surface area contributed by atoms with Crippen LogP contribution in [0.2, 0.25) is 0 Å². The predicted octanol–water partition coefficient (Wildman–Crippen LogP) is 3.94. The summed E-state index contributed by atoms with van der Waals surface area (Å²) < 4.78 is 16.3. The molecule has 148 valence electrons. The molecule has 0 aliphatic rings. The lowest BCUT2D eigenvalue weighted by Crippen LogP contribution is -2.21. The van der Waals surface area contributed by atoms with Gasteiger partial charge in [0.2, 0.25) is 0 Å². The minimum Gasteiger partial charge on any atom is -0.490 e. The van der Waals surface area contributed by atoms with E-state index in [9.17, 15) is 9.59 Å². The fourth-order valence-electron chi connectivity index (χ4n) is 2.52. The monoisotopic (exact) mass is 391 g/mol. The molecule has 6 nitrogen and oxygen atoms in total. The largest absolute Gasteiger partial charge is 0.490 e. The Labute approximate surface area is 169 Å². The van der Waals surface area contributed by atoms with Crippen LogP contribution in [-0.2, 0) is 9.53 Å². The Balaban J connectivity index is 1.48. The van der Waals surface area contributed by atoms with E-state index in [0.717, 1.165) is 5.75 Å². The van der Waals surface area contributed by atoms with Gasteiger partial charge in [-0.15, -0.1) is 0 Å². The van der Waals surface area contributed by atoms with Crippen molar-refractivity contribution in [3.05, 3.63) is 90.5 Å². The van der Waals surface area contributed by atoms with E-state index in [0.29, 0.717) is 18.0 Å².